The topological polar surface area (TPSA) is 41.6 Å². The number of nitrogens with zero attached hydrogens (tertiary/aromatic N) is 1. The van der Waals surface area contributed by atoms with E-state index in [-0.39, 0.29) is 12.1 Å². The number of ether oxygens (including phenoxy) is 1. The smallest absolute Gasteiger partial charge is 0.238 e. The highest BCUT2D eigenvalue weighted by molar-refractivity contribution is 5.81. The van der Waals surface area contributed by atoms with Crippen LogP contribution in [0.3, 0.4) is 0 Å². The van der Waals surface area contributed by atoms with E-state index in [1.54, 1.807) is 0 Å². The van der Waals surface area contributed by atoms with Crippen molar-refractivity contribution in [2.24, 2.45) is 5.92 Å². The molecule has 21 heavy (non-hydrogen) atoms. The molecular formula is C17H26N2O2. The fraction of sp³-hybridized carbons (Fsp3) is 0.588. The molecule has 1 aromatic rings. The molecule has 1 aliphatic heterocycles. The molecule has 1 amide bonds. The highest BCUT2D eigenvalue weighted by Gasteiger charge is 2.31. The standard InChI is InChI=1S/C17H26N2O2/c1-4-10-21-15-8-6-14(7-9-15)17-18-11-16(20)19(17)12-13(3)5-2/h6-9,13,17-18H,4-5,10-12H2,1-3H3. The van der Waals surface area contributed by atoms with E-state index in [1.807, 2.05) is 29.2 Å². The minimum Gasteiger partial charge on any atom is -0.494 e. The lowest BCUT2D eigenvalue weighted by Gasteiger charge is -2.27. The van der Waals surface area contributed by atoms with Crippen molar-refractivity contribution in [2.75, 3.05) is 19.7 Å². The predicted molar refractivity (Wildman–Crippen MR) is 84.1 cm³/mol. The number of hydrogen-bond donors (Lipinski definition) is 1. The van der Waals surface area contributed by atoms with Crippen LogP contribution < -0.4 is 10.1 Å². The highest BCUT2D eigenvalue weighted by Crippen LogP contribution is 2.25. The Hall–Kier alpha value is -1.55. The number of amides is 1. The van der Waals surface area contributed by atoms with Gasteiger partial charge in [0.2, 0.25) is 5.91 Å². The molecule has 116 valence electrons. The van der Waals surface area contributed by atoms with Crippen LogP contribution in [0.1, 0.15) is 45.3 Å². The van der Waals surface area contributed by atoms with Crippen LogP contribution in [0.25, 0.3) is 0 Å². The molecule has 2 unspecified atom stereocenters. The van der Waals surface area contributed by atoms with E-state index < -0.39 is 0 Å². The Kier molecular flexibility index (Phi) is 5.62. The molecule has 4 nitrogen and oxygen atoms in total. The van der Waals surface area contributed by atoms with E-state index in [4.69, 9.17) is 4.74 Å². The first-order valence-electron chi connectivity index (χ1n) is 7.91. The van der Waals surface area contributed by atoms with Crippen LogP contribution in [0.4, 0.5) is 0 Å². The van der Waals surface area contributed by atoms with Crippen molar-refractivity contribution in [1.82, 2.24) is 10.2 Å². The molecule has 0 spiro atoms. The summed E-state index contributed by atoms with van der Waals surface area (Å²) < 4.78 is 5.60. The SMILES string of the molecule is CCCOc1ccc(C2NCC(=O)N2CC(C)CC)cc1. The van der Waals surface area contributed by atoms with Gasteiger partial charge in [0, 0.05) is 6.54 Å². The zero-order valence-corrected chi connectivity index (χ0v) is 13.3. The van der Waals surface area contributed by atoms with Crippen molar-refractivity contribution in [3.63, 3.8) is 0 Å². The Balaban J connectivity index is 2.06. The first-order chi connectivity index (χ1) is 10.2. The van der Waals surface area contributed by atoms with Gasteiger partial charge in [0.05, 0.1) is 13.2 Å². The van der Waals surface area contributed by atoms with E-state index >= 15 is 0 Å². The number of hydrogen-bond acceptors (Lipinski definition) is 3. The minimum atomic E-state index is -0.00766. The van der Waals surface area contributed by atoms with E-state index in [9.17, 15) is 4.79 Å². The maximum Gasteiger partial charge on any atom is 0.238 e. The summed E-state index contributed by atoms with van der Waals surface area (Å²) in [6.07, 6.45) is 2.08. The quantitative estimate of drug-likeness (QED) is 0.839. The van der Waals surface area contributed by atoms with Crippen LogP contribution >= 0.6 is 0 Å². The average Bonchev–Trinajstić information content (AvgIpc) is 2.86. The van der Waals surface area contributed by atoms with Crippen molar-refractivity contribution >= 4 is 5.91 Å². The van der Waals surface area contributed by atoms with E-state index in [2.05, 4.69) is 26.1 Å². The van der Waals surface area contributed by atoms with Crippen LogP contribution in [-0.4, -0.2) is 30.5 Å². The highest BCUT2D eigenvalue weighted by atomic mass is 16.5. The van der Waals surface area contributed by atoms with Gasteiger partial charge in [-0.3, -0.25) is 10.1 Å². The minimum absolute atomic E-state index is 0.00766. The van der Waals surface area contributed by atoms with Gasteiger partial charge >= 0.3 is 0 Å². The number of benzene rings is 1. The largest absolute Gasteiger partial charge is 0.494 e. The zero-order valence-electron chi connectivity index (χ0n) is 13.3. The van der Waals surface area contributed by atoms with Crippen LogP contribution in [0.5, 0.6) is 5.75 Å². The number of rotatable bonds is 7. The summed E-state index contributed by atoms with van der Waals surface area (Å²) in [5.74, 6) is 1.59. The first kappa shape index (κ1) is 15.8. The molecule has 1 saturated heterocycles. The zero-order chi connectivity index (χ0) is 15.2. The first-order valence-corrected chi connectivity index (χ1v) is 7.91. The number of carbonyl (C=O) groups excluding carboxylic acids is 1. The lowest BCUT2D eigenvalue weighted by molar-refractivity contribution is -0.128. The summed E-state index contributed by atoms with van der Waals surface area (Å²) in [5.41, 5.74) is 1.12. The number of nitrogens with one attached hydrogen (secondary N) is 1. The van der Waals surface area contributed by atoms with Crippen molar-refractivity contribution in [2.45, 2.75) is 39.8 Å². The Morgan fingerprint density at radius 3 is 2.67 bits per heavy atom. The predicted octanol–water partition coefficient (Wildman–Crippen LogP) is 2.95. The molecule has 4 heteroatoms. The Morgan fingerprint density at radius 1 is 1.33 bits per heavy atom. The second kappa shape index (κ2) is 7.46. The van der Waals surface area contributed by atoms with E-state index in [0.717, 1.165) is 37.3 Å². The monoisotopic (exact) mass is 290 g/mol. The number of carbonyl (C=O) groups is 1. The Labute approximate surface area is 127 Å². The van der Waals surface area contributed by atoms with Crippen molar-refractivity contribution < 1.29 is 9.53 Å². The lowest BCUT2D eigenvalue weighted by Crippen LogP contribution is -2.33. The summed E-state index contributed by atoms with van der Waals surface area (Å²) >= 11 is 0. The third-order valence-corrected chi connectivity index (χ3v) is 3.95. The van der Waals surface area contributed by atoms with Gasteiger partial charge in [0.15, 0.2) is 0 Å². The van der Waals surface area contributed by atoms with Gasteiger partial charge in [-0.25, -0.2) is 0 Å². The molecule has 0 aliphatic carbocycles. The van der Waals surface area contributed by atoms with E-state index in [0.29, 0.717) is 12.5 Å². The molecule has 0 saturated carbocycles. The second-order valence-corrected chi connectivity index (χ2v) is 5.76. The van der Waals surface area contributed by atoms with Gasteiger partial charge < -0.3 is 9.64 Å². The van der Waals surface area contributed by atoms with Gasteiger partial charge in [0.1, 0.15) is 11.9 Å². The second-order valence-electron chi connectivity index (χ2n) is 5.76. The molecule has 1 N–H and O–H groups in total. The molecule has 0 aromatic heterocycles. The van der Waals surface area contributed by atoms with Crippen molar-refractivity contribution in [1.29, 1.82) is 0 Å². The van der Waals surface area contributed by atoms with Crippen LogP contribution in [0, 0.1) is 5.92 Å². The van der Waals surface area contributed by atoms with Gasteiger partial charge in [-0.05, 0) is 30.0 Å². The molecule has 1 fully saturated rings. The molecule has 1 heterocycles. The van der Waals surface area contributed by atoms with Gasteiger partial charge in [0.25, 0.3) is 0 Å². The molecule has 2 atom stereocenters. The molecule has 1 aromatic carbocycles. The summed E-state index contributed by atoms with van der Waals surface area (Å²) in [6, 6.07) is 8.06. The maximum atomic E-state index is 12.1. The molecular weight excluding hydrogens is 264 g/mol. The summed E-state index contributed by atoms with van der Waals surface area (Å²) in [4.78, 5) is 14.0. The summed E-state index contributed by atoms with van der Waals surface area (Å²) in [7, 11) is 0. The van der Waals surface area contributed by atoms with E-state index in [1.165, 1.54) is 0 Å². The molecule has 2 rings (SSSR count). The molecule has 0 radical (unpaired) electrons. The van der Waals surface area contributed by atoms with Gasteiger partial charge in [-0.2, -0.15) is 0 Å². The van der Waals surface area contributed by atoms with Gasteiger partial charge in [-0.15, -0.1) is 0 Å². The van der Waals surface area contributed by atoms with Gasteiger partial charge in [-0.1, -0.05) is 39.3 Å². The fourth-order valence-corrected chi connectivity index (χ4v) is 2.48. The Morgan fingerprint density at radius 2 is 2.05 bits per heavy atom. The summed E-state index contributed by atoms with van der Waals surface area (Å²) in [5, 5.41) is 3.30. The van der Waals surface area contributed by atoms with Crippen molar-refractivity contribution in [3.8, 4) is 5.75 Å². The fourth-order valence-electron chi connectivity index (χ4n) is 2.48. The lowest BCUT2D eigenvalue weighted by atomic mass is 10.1. The molecule has 1 aliphatic rings. The Bertz CT molecular complexity index is 458. The average molecular weight is 290 g/mol. The third-order valence-electron chi connectivity index (χ3n) is 3.95. The van der Waals surface area contributed by atoms with Crippen LogP contribution in [0.15, 0.2) is 24.3 Å². The normalized spacial score (nSPS) is 19.9. The summed E-state index contributed by atoms with van der Waals surface area (Å²) in [6.45, 7) is 8.41. The maximum absolute atomic E-state index is 12.1. The van der Waals surface area contributed by atoms with Crippen LogP contribution in [0.2, 0.25) is 0 Å². The molecule has 0 bridgehead atoms. The van der Waals surface area contributed by atoms with Crippen molar-refractivity contribution in [3.05, 3.63) is 29.8 Å². The van der Waals surface area contributed by atoms with Crippen LogP contribution in [-0.2, 0) is 4.79 Å². The third kappa shape index (κ3) is 3.97.